The van der Waals surface area contributed by atoms with Crippen molar-refractivity contribution in [3.05, 3.63) is 64.4 Å². The zero-order valence-corrected chi connectivity index (χ0v) is 11.9. The minimum absolute atomic E-state index is 0.389. The third kappa shape index (κ3) is 2.80. The fraction of sp³-hybridized carbons (Fsp3) is 0.200. The zero-order valence-electron chi connectivity index (χ0n) is 9.77. The molecule has 2 rings (SSSR count). The molecule has 0 spiro atoms. The fourth-order valence-corrected chi connectivity index (χ4v) is 2.60. The van der Waals surface area contributed by atoms with Gasteiger partial charge in [-0.2, -0.15) is 0 Å². The Balaban J connectivity index is 2.34. The molecule has 1 atom stereocenters. The van der Waals surface area contributed by atoms with E-state index in [0.717, 1.165) is 16.5 Å². The molecule has 0 N–H and O–H groups in total. The van der Waals surface area contributed by atoms with Crippen LogP contribution in [0.3, 0.4) is 0 Å². The van der Waals surface area contributed by atoms with Crippen LogP contribution in [0.1, 0.15) is 23.6 Å². The summed E-state index contributed by atoms with van der Waals surface area (Å²) in [7, 11) is 0. The van der Waals surface area contributed by atoms with E-state index in [1.54, 1.807) is 0 Å². The normalized spacial score (nSPS) is 17.7. The summed E-state index contributed by atoms with van der Waals surface area (Å²) in [4.78, 5) is 2.33. The number of halogens is 1. The van der Waals surface area contributed by atoms with Gasteiger partial charge in [0.15, 0.2) is 0 Å². The van der Waals surface area contributed by atoms with Crippen LogP contribution >= 0.6 is 22.6 Å². The van der Waals surface area contributed by atoms with E-state index in [2.05, 4.69) is 77.2 Å². The van der Waals surface area contributed by atoms with Crippen molar-refractivity contribution >= 4 is 28.7 Å². The van der Waals surface area contributed by atoms with E-state index in [1.165, 1.54) is 11.1 Å². The molecule has 17 heavy (non-hydrogen) atoms. The van der Waals surface area contributed by atoms with Gasteiger partial charge in [0.1, 0.15) is 0 Å². The van der Waals surface area contributed by atoms with Crippen LogP contribution in [0.25, 0.3) is 6.08 Å². The summed E-state index contributed by atoms with van der Waals surface area (Å²) < 4.78 is 1.15. The van der Waals surface area contributed by atoms with Gasteiger partial charge in [0.2, 0.25) is 0 Å². The summed E-state index contributed by atoms with van der Waals surface area (Å²) in [6, 6.07) is 8.94. The molecule has 0 aromatic heterocycles. The lowest BCUT2D eigenvalue weighted by atomic mass is 9.94. The lowest BCUT2D eigenvalue weighted by Crippen LogP contribution is -2.27. The van der Waals surface area contributed by atoms with Crippen molar-refractivity contribution in [2.75, 3.05) is 6.54 Å². The topological polar surface area (TPSA) is 3.24 Å². The van der Waals surface area contributed by atoms with Crippen LogP contribution in [0.2, 0.25) is 0 Å². The van der Waals surface area contributed by atoms with Gasteiger partial charge in [0.25, 0.3) is 0 Å². The Kier molecular flexibility index (Phi) is 4.05. The van der Waals surface area contributed by atoms with E-state index < -0.39 is 0 Å². The summed E-state index contributed by atoms with van der Waals surface area (Å²) in [5, 5.41) is 0. The number of fused-ring (bicyclic) bond motifs is 1. The van der Waals surface area contributed by atoms with E-state index in [1.807, 2.05) is 6.08 Å². The second kappa shape index (κ2) is 5.54. The number of rotatable bonds is 4. The first kappa shape index (κ1) is 12.4. The van der Waals surface area contributed by atoms with Gasteiger partial charge in [-0.05, 0) is 46.2 Å². The van der Waals surface area contributed by atoms with E-state index in [0.29, 0.717) is 6.04 Å². The van der Waals surface area contributed by atoms with E-state index >= 15 is 0 Å². The fourth-order valence-electron chi connectivity index (χ4n) is 2.21. The van der Waals surface area contributed by atoms with Crippen LogP contribution in [0.4, 0.5) is 0 Å². The van der Waals surface area contributed by atoms with Crippen molar-refractivity contribution in [1.82, 2.24) is 4.90 Å². The first-order chi connectivity index (χ1) is 8.22. The molecule has 88 valence electrons. The van der Waals surface area contributed by atoms with Crippen LogP contribution in [-0.4, -0.2) is 11.4 Å². The summed E-state index contributed by atoms with van der Waals surface area (Å²) in [6.45, 7) is 8.74. The van der Waals surface area contributed by atoms with E-state index in [-0.39, 0.29) is 0 Å². The van der Waals surface area contributed by atoms with Crippen LogP contribution in [0, 0.1) is 0 Å². The highest BCUT2D eigenvalue weighted by atomic mass is 127. The molecule has 1 aromatic rings. The first-order valence-electron chi connectivity index (χ1n) is 5.69. The second-order valence-corrected chi connectivity index (χ2v) is 5.70. The average Bonchev–Trinajstić information content (AvgIpc) is 2.32. The highest BCUT2D eigenvalue weighted by Gasteiger charge is 2.21. The maximum Gasteiger partial charge on any atom is 0.0581 e. The molecule has 0 radical (unpaired) electrons. The summed E-state index contributed by atoms with van der Waals surface area (Å²) in [5.74, 6) is 0. The zero-order chi connectivity index (χ0) is 12.3. The van der Waals surface area contributed by atoms with Gasteiger partial charge in [0, 0.05) is 16.3 Å². The summed E-state index contributed by atoms with van der Waals surface area (Å²) in [5.41, 5.74) is 2.70. The van der Waals surface area contributed by atoms with Gasteiger partial charge in [-0.25, -0.2) is 0 Å². The van der Waals surface area contributed by atoms with Crippen molar-refractivity contribution in [1.29, 1.82) is 0 Å². The molecule has 1 aliphatic heterocycles. The monoisotopic (exact) mass is 337 g/mol. The van der Waals surface area contributed by atoms with Crippen LogP contribution in [0.15, 0.2) is 53.3 Å². The van der Waals surface area contributed by atoms with Crippen LogP contribution < -0.4 is 0 Å². The van der Waals surface area contributed by atoms with E-state index in [4.69, 9.17) is 0 Å². The van der Waals surface area contributed by atoms with E-state index in [9.17, 15) is 0 Å². The Morgan fingerprint density at radius 2 is 2.18 bits per heavy atom. The maximum atomic E-state index is 3.99. The molecule has 2 heteroatoms. The van der Waals surface area contributed by atoms with Gasteiger partial charge < -0.3 is 4.90 Å². The van der Waals surface area contributed by atoms with Gasteiger partial charge in [-0.3, -0.25) is 0 Å². The predicted octanol–water partition coefficient (Wildman–Crippen LogP) is 4.54. The van der Waals surface area contributed by atoms with Gasteiger partial charge >= 0.3 is 0 Å². The van der Waals surface area contributed by atoms with Gasteiger partial charge in [0.05, 0.1) is 6.04 Å². The molecular formula is C15H16IN. The van der Waals surface area contributed by atoms with Crippen LogP contribution in [0.5, 0.6) is 0 Å². The third-order valence-electron chi connectivity index (χ3n) is 2.94. The lowest BCUT2D eigenvalue weighted by molar-refractivity contribution is 0.305. The van der Waals surface area contributed by atoms with Crippen molar-refractivity contribution in [3.63, 3.8) is 0 Å². The molecule has 0 amide bonds. The van der Waals surface area contributed by atoms with Gasteiger partial charge in [-0.15, -0.1) is 6.58 Å². The third-order valence-corrected chi connectivity index (χ3v) is 3.29. The average molecular weight is 337 g/mol. The number of benzene rings is 1. The standard InChI is InChI=1S/C15H16IN/c1-3-6-15-14-8-5-4-7-13(14)9-10-17(15)11-12(2)16/h3-5,7-10,15H,1-2,6,11H2. The Morgan fingerprint density at radius 1 is 1.41 bits per heavy atom. The first-order valence-corrected chi connectivity index (χ1v) is 6.77. The predicted molar refractivity (Wildman–Crippen MR) is 82.9 cm³/mol. The number of hydrogen-bond acceptors (Lipinski definition) is 1. The largest absolute Gasteiger partial charge is 0.365 e. The molecule has 1 aliphatic rings. The molecule has 0 saturated heterocycles. The molecule has 0 saturated carbocycles. The number of nitrogens with zero attached hydrogens (tertiary/aromatic N) is 1. The van der Waals surface area contributed by atoms with Crippen molar-refractivity contribution < 1.29 is 0 Å². The Hall–Kier alpha value is -1.03. The quantitative estimate of drug-likeness (QED) is 0.576. The Bertz CT molecular complexity index is 462. The maximum absolute atomic E-state index is 3.99. The Labute approximate surface area is 117 Å². The lowest BCUT2D eigenvalue weighted by Gasteiger charge is -2.34. The summed E-state index contributed by atoms with van der Waals surface area (Å²) in [6.07, 6.45) is 7.30. The minimum Gasteiger partial charge on any atom is -0.365 e. The Morgan fingerprint density at radius 3 is 2.88 bits per heavy atom. The molecule has 1 heterocycles. The molecular weight excluding hydrogens is 321 g/mol. The molecule has 1 aromatic carbocycles. The van der Waals surface area contributed by atoms with Crippen LogP contribution in [-0.2, 0) is 0 Å². The SMILES string of the molecule is C=CCC1c2ccccc2C=CN1CC(=C)I. The molecule has 1 nitrogen and oxygen atoms in total. The van der Waals surface area contributed by atoms with Gasteiger partial charge in [-0.1, -0.05) is 36.9 Å². The summed E-state index contributed by atoms with van der Waals surface area (Å²) >= 11 is 2.29. The molecule has 0 fully saturated rings. The molecule has 0 bridgehead atoms. The highest BCUT2D eigenvalue weighted by molar-refractivity contribution is 14.1. The van der Waals surface area contributed by atoms with Crippen molar-refractivity contribution in [3.8, 4) is 0 Å². The van der Waals surface area contributed by atoms with Crippen molar-refractivity contribution in [2.45, 2.75) is 12.5 Å². The van der Waals surface area contributed by atoms with Crippen molar-refractivity contribution in [2.24, 2.45) is 0 Å². The highest BCUT2D eigenvalue weighted by Crippen LogP contribution is 2.33. The smallest absolute Gasteiger partial charge is 0.0581 e. The second-order valence-electron chi connectivity index (χ2n) is 4.17. The number of hydrogen-bond donors (Lipinski definition) is 0. The molecule has 0 aliphatic carbocycles. The minimum atomic E-state index is 0.389. The molecule has 1 unspecified atom stereocenters.